The van der Waals surface area contributed by atoms with Crippen LogP contribution in [0.2, 0.25) is 10.0 Å². The van der Waals surface area contributed by atoms with Gasteiger partial charge in [0.05, 0.1) is 0 Å². The van der Waals surface area contributed by atoms with Crippen LogP contribution < -0.4 is 10.1 Å². The first-order chi connectivity index (χ1) is 10.0. The zero-order chi connectivity index (χ0) is 15.4. The van der Waals surface area contributed by atoms with Gasteiger partial charge in [-0.1, -0.05) is 23.2 Å². The molecule has 6 heteroatoms. The van der Waals surface area contributed by atoms with Gasteiger partial charge in [0.15, 0.2) is 17.4 Å². The van der Waals surface area contributed by atoms with Gasteiger partial charge in [0.1, 0.15) is 6.61 Å². The molecule has 0 heterocycles. The SMILES string of the molecule is CNCc1cc(F)c(OCc2cc(Cl)ccc2Cl)c(F)c1. The second-order valence-corrected chi connectivity index (χ2v) is 5.29. The number of benzene rings is 2. The average Bonchev–Trinajstić information content (AvgIpc) is 2.42. The summed E-state index contributed by atoms with van der Waals surface area (Å²) in [5.74, 6) is -1.93. The van der Waals surface area contributed by atoms with E-state index in [-0.39, 0.29) is 6.61 Å². The molecule has 0 radical (unpaired) electrons. The summed E-state index contributed by atoms with van der Waals surface area (Å²) >= 11 is 11.8. The van der Waals surface area contributed by atoms with Gasteiger partial charge >= 0.3 is 0 Å². The molecule has 0 amide bonds. The number of ether oxygens (including phenoxy) is 1. The fourth-order valence-corrected chi connectivity index (χ4v) is 2.23. The number of halogens is 4. The van der Waals surface area contributed by atoms with E-state index < -0.39 is 17.4 Å². The quantitative estimate of drug-likeness (QED) is 0.866. The van der Waals surface area contributed by atoms with Gasteiger partial charge in [0.2, 0.25) is 0 Å². The van der Waals surface area contributed by atoms with Gasteiger partial charge in [-0.05, 0) is 42.9 Å². The first-order valence-corrected chi connectivity index (χ1v) is 6.96. The smallest absolute Gasteiger partial charge is 0.191 e. The van der Waals surface area contributed by atoms with Crippen LogP contribution >= 0.6 is 23.2 Å². The van der Waals surface area contributed by atoms with E-state index in [4.69, 9.17) is 27.9 Å². The molecule has 2 aromatic rings. The van der Waals surface area contributed by atoms with Crippen molar-refractivity contribution in [3.8, 4) is 5.75 Å². The third kappa shape index (κ3) is 4.06. The molecule has 21 heavy (non-hydrogen) atoms. The summed E-state index contributed by atoms with van der Waals surface area (Å²) in [4.78, 5) is 0. The van der Waals surface area contributed by atoms with Gasteiger partial charge in [0, 0.05) is 22.2 Å². The van der Waals surface area contributed by atoms with Crippen molar-refractivity contribution in [3.63, 3.8) is 0 Å². The topological polar surface area (TPSA) is 21.3 Å². The Labute approximate surface area is 131 Å². The lowest BCUT2D eigenvalue weighted by atomic mass is 10.2. The molecule has 0 aliphatic carbocycles. The first kappa shape index (κ1) is 16.0. The van der Waals surface area contributed by atoms with Gasteiger partial charge in [-0.25, -0.2) is 8.78 Å². The minimum atomic E-state index is -0.751. The Bertz CT molecular complexity index is 627. The van der Waals surface area contributed by atoms with Gasteiger partial charge in [-0.2, -0.15) is 0 Å². The van der Waals surface area contributed by atoms with Crippen LogP contribution in [-0.4, -0.2) is 7.05 Å². The van der Waals surface area contributed by atoms with Crippen LogP contribution in [0.1, 0.15) is 11.1 Å². The normalized spacial score (nSPS) is 10.7. The highest BCUT2D eigenvalue weighted by Gasteiger charge is 2.13. The fraction of sp³-hybridized carbons (Fsp3) is 0.200. The van der Waals surface area contributed by atoms with Crippen LogP contribution in [0.4, 0.5) is 8.78 Å². The molecular weight excluding hydrogens is 319 g/mol. The highest BCUT2D eigenvalue weighted by Crippen LogP contribution is 2.26. The molecule has 0 atom stereocenters. The highest BCUT2D eigenvalue weighted by atomic mass is 35.5. The van der Waals surface area contributed by atoms with E-state index in [0.29, 0.717) is 27.7 Å². The molecule has 2 nitrogen and oxygen atoms in total. The van der Waals surface area contributed by atoms with Crippen molar-refractivity contribution in [2.75, 3.05) is 7.05 Å². The van der Waals surface area contributed by atoms with Crippen molar-refractivity contribution in [3.05, 3.63) is 63.1 Å². The molecule has 0 saturated carbocycles. The standard InChI is InChI=1S/C15H13Cl2F2NO/c1-20-7-9-4-13(18)15(14(19)5-9)21-8-10-6-11(16)2-3-12(10)17/h2-6,20H,7-8H2,1H3. The second-order valence-electron chi connectivity index (χ2n) is 4.44. The van der Waals surface area contributed by atoms with Crippen LogP contribution in [-0.2, 0) is 13.2 Å². The number of hydrogen-bond donors (Lipinski definition) is 1. The molecule has 2 aromatic carbocycles. The van der Waals surface area contributed by atoms with Crippen LogP contribution in [0.5, 0.6) is 5.75 Å². The zero-order valence-electron chi connectivity index (χ0n) is 11.2. The van der Waals surface area contributed by atoms with Crippen LogP contribution in [0.25, 0.3) is 0 Å². The van der Waals surface area contributed by atoms with Gasteiger partial charge < -0.3 is 10.1 Å². The minimum Gasteiger partial charge on any atom is -0.483 e. The highest BCUT2D eigenvalue weighted by molar-refractivity contribution is 6.33. The van der Waals surface area contributed by atoms with E-state index in [9.17, 15) is 8.78 Å². The zero-order valence-corrected chi connectivity index (χ0v) is 12.7. The summed E-state index contributed by atoms with van der Waals surface area (Å²) in [6.07, 6.45) is 0. The molecule has 0 aliphatic heterocycles. The lowest BCUT2D eigenvalue weighted by Crippen LogP contribution is -2.07. The maximum absolute atomic E-state index is 13.9. The summed E-state index contributed by atoms with van der Waals surface area (Å²) in [5, 5.41) is 3.72. The maximum Gasteiger partial charge on any atom is 0.191 e. The van der Waals surface area contributed by atoms with Crippen LogP contribution in [0.15, 0.2) is 30.3 Å². The molecule has 2 rings (SSSR count). The molecule has 0 spiro atoms. The van der Waals surface area contributed by atoms with Gasteiger partial charge in [0.25, 0.3) is 0 Å². The Morgan fingerprint density at radius 1 is 1.10 bits per heavy atom. The Morgan fingerprint density at radius 2 is 1.76 bits per heavy atom. The molecule has 0 aliphatic rings. The van der Waals surface area contributed by atoms with E-state index >= 15 is 0 Å². The van der Waals surface area contributed by atoms with Crippen LogP contribution in [0, 0.1) is 11.6 Å². The third-order valence-electron chi connectivity index (χ3n) is 2.82. The van der Waals surface area contributed by atoms with E-state index in [0.717, 1.165) is 0 Å². The maximum atomic E-state index is 13.9. The summed E-state index contributed by atoms with van der Waals surface area (Å²) < 4.78 is 32.9. The first-order valence-electron chi connectivity index (χ1n) is 6.20. The second kappa shape index (κ2) is 7.07. The fourth-order valence-electron chi connectivity index (χ4n) is 1.86. The van der Waals surface area contributed by atoms with E-state index in [1.165, 1.54) is 12.1 Å². The van der Waals surface area contributed by atoms with Gasteiger partial charge in [-0.15, -0.1) is 0 Å². The van der Waals surface area contributed by atoms with Crippen molar-refractivity contribution in [2.45, 2.75) is 13.2 Å². The number of nitrogens with one attached hydrogen (secondary N) is 1. The Hall–Kier alpha value is -1.36. The predicted molar refractivity (Wildman–Crippen MR) is 79.9 cm³/mol. The molecule has 0 saturated heterocycles. The largest absolute Gasteiger partial charge is 0.483 e. The van der Waals surface area contributed by atoms with Gasteiger partial charge in [-0.3, -0.25) is 0 Å². The van der Waals surface area contributed by atoms with E-state index in [1.54, 1.807) is 25.2 Å². The monoisotopic (exact) mass is 331 g/mol. The third-order valence-corrected chi connectivity index (χ3v) is 3.42. The van der Waals surface area contributed by atoms with E-state index in [2.05, 4.69) is 5.32 Å². The molecule has 0 aromatic heterocycles. The Kier molecular flexibility index (Phi) is 5.39. The lowest BCUT2D eigenvalue weighted by Gasteiger charge is -2.11. The average molecular weight is 332 g/mol. The van der Waals surface area contributed by atoms with E-state index in [1.807, 2.05) is 0 Å². The molecule has 112 valence electrons. The summed E-state index contributed by atoms with van der Waals surface area (Å²) in [6, 6.07) is 7.28. The van der Waals surface area contributed by atoms with Crippen LogP contribution in [0.3, 0.4) is 0 Å². The summed E-state index contributed by atoms with van der Waals surface area (Å²) in [7, 11) is 1.70. The molecular formula is C15H13Cl2F2NO. The Morgan fingerprint density at radius 3 is 2.38 bits per heavy atom. The van der Waals surface area contributed by atoms with Crippen molar-refractivity contribution >= 4 is 23.2 Å². The lowest BCUT2D eigenvalue weighted by molar-refractivity contribution is 0.274. The van der Waals surface area contributed by atoms with Crippen molar-refractivity contribution < 1.29 is 13.5 Å². The number of hydrogen-bond acceptors (Lipinski definition) is 2. The molecule has 0 bridgehead atoms. The van der Waals surface area contributed by atoms with Crippen molar-refractivity contribution in [2.24, 2.45) is 0 Å². The summed E-state index contributed by atoms with van der Waals surface area (Å²) in [5.41, 5.74) is 1.06. The number of rotatable bonds is 5. The minimum absolute atomic E-state index is 0.0708. The van der Waals surface area contributed by atoms with Crippen molar-refractivity contribution in [1.82, 2.24) is 5.32 Å². The molecule has 1 N–H and O–H groups in total. The Balaban J connectivity index is 2.18. The predicted octanol–water partition coefficient (Wildman–Crippen LogP) is 4.57. The molecule has 0 unspecified atom stereocenters. The summed E-state index contributed by atoms with van der Waals surface area (Å²) in [6.45, 7) is 0.298. The van der Waals surface area contributed by atoms with Crippen molar-refractivity contribution in [1.29, 1.82) is 0 Å². The molecule has 0 fully saturated rings.